The van der Waals surface area contributed by atoms with Gasteiger partial charge in [0.15, 0.2) is 6.61 Å². The molecule has 2 rings (SSSR count). The predicted octanol–water partition coefficient (Wildman–Crippen LogP) is 4.75. The Morgan fingerprint density at radius 3 is 2.40 bits per heavy atom. The maximum atomic E-state index is 13.4. The Morgan fingerprint density at radius 2 is 1.75 bits per heavy atom. The summed E-state index contributed by atoms with van der Waals surface area (Å²) >= 11 is 6.56. The Hall–Kier alpha value is -1.27. The van der Waals surface area contributed by atoms with Crippen LogP contribution >= 0.6 is 31.9 Å². The highest BCUT2D eigenvalue weighted by atomic mass is 79.9. The Morgan fingerprint density at radius 1 is 1.10 bits per heavy atom. The largest absolute Gasteiger partial charge is 0.483 e. The Labute approximate surface area is 131 Å². The third-order valence-electron chi connectivity index (χ3n) is 2.50. The first-order valence-corrected chi connectivity index (χ1v) is 7.12. The smallest absolute Gasteiger partial charge is 0.203 e. The van der Waals surface area contributed by atoms with Crippen LogP contribution in [-0.2, 0) is 0 Å². The van der Waals surface area contributed by atoms with Gasteiger partial charge in [0.25, 0.3) is 0 Å². The van der Waals surface area contributed by atoms with Crippen molar-refractivity contribution >= 4 is 37.6 Å². The van der Waals surface area contributed by atoms with E-state index in [2.05, 4.69) is 31.9 Å². The fraction of sp³-hybridized carbons (Fsp3) is 0.0714. The van der Waals surface area contributed by atoms with E-state index < -0.39 is 17.4 Å². The molecule has 0 heterocycles. The minimum absolute atomic E-state index is 0.326. The summed E-state index contributed by atoms with van der Waals surface area (Å²) in [5.74, 6) is -1.65. The SMILES string of the molecule is O=C(COc1c(Br)cccc1Br)c1cc(F)ccc1F. The van der Waals surface area contributed by atoms with E-state index in [-0.39, 0.29) is 12.2 Å². The van der Waals surface area contributed by atoms with Crippen molar-refractivity contribution in [3.8, 4) is 5.75 Å². The molecule has 0 saturated carbocycles. The molecule has 0 aromatic heterocycles. The lowest BCUT2D eigenvalue weighted by atomic mass is 10.1. The standard InChI is InChI=1S/C14H8Br2F2O2/c15-10-2-1-3-11(16)14(10)20-7-13(19)9-6-8(17)4-5-12(9)18/h1-6H,7H2. The molecule has 0 aliphatic carbocycles. The van der Waals surface area contributed by atoms with Crippen LogP contribution in [0.2, 0.25) is 0 Å². The average Bonchev–Trinajstić information content (AvgIpc) is 2.40. The summed E-state index contributed by atoms with van der Waals surface area (Å²) in [7, 11) is 0. The molecule has 6 heteroatoms. The predicted molar refractivity (Wildman–Crippen MR) is 78.0 cm³/mol. The van der Waals surface area contributed by atoms with Gasteiger partial charge in [0, 0.05) is 0 Å². The molecule has 2 nitrogen and oxygen atoms in total. The molecule has 0 spiro atoms. The van der Waals surface area contributed by atoms with Gasteiger partial charge in [-0.1, -0.05) is 6.07 Å². The monoisotopic (exact) mass is 404 g/mol. The van der Waals surface area contributed by atoms with E-state index in [4.69, 9.17) is 4.74 Å². The highest BCUT2D eigenvalue weighted by molar-refractivity contribution is 9.11. The summed E-state index contributed by atoms with van der Waals surface area (Å²) in [6.07, 6.45) is 0. The number of ketones is 1. The summed E-state index contributed by atoms with van der Waals surface area (Å²) in [6, 6.07) is 8.00. The van der Waals surface area contributed by atoms with Crippen LogP contribution in [0.3, 0.4) is 0 Å². The van der Waals surface area contributed by atoms with Crippen molar-refractivity contribution in [2.24, 2.45) is 0 Å². The fourth-order valence-electron chi connectivity index (χ4n) is 1.55. The summed E-state index contributed by atoms with van der Waals surface area (Å²) < 4.78 is 33.1. The Kier molecular flexibility index (Phi) is 4.88. The van der Waals surface area contributed by atoms with Gasteiger partial charge in [-0.15, -0.1) is 0 Å². The molecule has 0 aliphatic heterocycles. The van der Waals surface area contributed by atoms with E-state index in [9.17, 15) is 13.6 Å². The molecule has 2 aromatic rings. The number of halogens is 4. The van der Waals surface area contributed by atoms with Crippen LogP contribution in [0.25, 0.3) is 0 Å². The number of benzene rings is 2. The van der Waals surface area contributed by atoms with Gasteiger partial charge in [0.05, 0.1) is 14.5 Å². The van der Waals surface area contributed by atoms with E-state index in [0.29, 0.717) is 14.7 Å². The lowest BCUT2D eigenvalue weighted by Gasteiger charge is -2.09. The van der Waals surface area contributed by atoms with E-state index in [0.717, 1.165) is 18.2 Å². The molecule has 2 aromatic carbocycles. The van der Waals surface area contributed by atoms with Crippen molar-refractivity contribution in [2.45, 2.75) is 0 Å². The zero-order valence-corrected chi connectivity index (χ0v) is 13.2. The van der Waals surface area contributed by atoms with Gasteiger partial charge in [-0.05, 0) is 62.2 Å². The van der Waals surface area contributed by atoms with Crippen LogP contribution in [0, 0.1) is 11.6 Å². The van der Waals surface area contributed by atoms with Crippen molar-refractivity contribution in [3.63, 3.8) is 0 Å². The van der Waals surface area contributed by atoms with Gasteiger partial charge >= 0.3 is 0 Å². The first-order valence-electron chi connectivity index (χ1n) is 5.54. The number of Topliss-reactive ketones (excluding diaryl/α,β-unsaturated/α-hetero) is 1. The molecular weight excluding hydrogens is 398 g/mol. The molecule has 0 fully saturated rings. The second-order valence-electron chi connectivity index (χ2n) is 3.89. The summed E-state index contributed by atoms with van der Waals surface area (Å²) in [4.78, 5) is 11.9. The van der Waals surface area contributed by atoms with Crippen molar-refractivity contribution < 1.29 is 18.3 Å². The van der Waals surface area contributed by atoms with Gasteiger partial charge in [-0.3, -0.25) is 4.79 Å². The van der Waals surface area contributed by atoms with Gasteiger partial charge in [0.2, 0.25) is 5.78 Å². The molecular formula is C14H8Br2F2O2. The van der Waals surface area contributed by atoms with Crippen LogP contribution in [0.15, 0.2) is 45.3 Å². The van der Waals surface area contributed by atoms with Crippen molar-refractivity contribution in [1.82, 2.24) is 0 Å². The third kappa shape index (κ3) is 3.43. The molecule has 20 heavy (non-hydrogen) atoms. The zero-order chi connectivity index (χ0) is 14.7. The Balaban J connectivity index is 2.15. The third-order valence-corrected chi connectivity index (χ3v) is 3.74. The molecule has 0 unspecified atom stereocenters. The van der Waals surface area contributed by atoms with Gasteiger partial charge in [0.1, 0.15) is 17.4 Å². The van der Waals surface area contributed by atoms with E-state index in [1.165, 1.54) is 0 Å². The molecule has 0 bridgehead atoms. The summed E-state index contributed by atoms with van der Waals surface area (Å²) in [6.45, 7) is -0.387. The molecule has 0 amide bonds. The molecule has 0 N–H and O–H groups in total. The van der Waals surface area contributed by atoms with Crippen LogP contribution in [-0.4, -0.2) is 12.4 Å². The van der Waals surface area contributed by atoms with Crippen LogP contribution in [0.5, 0.6) is 5.75 Å². The second-order valence-corrected chi connectivity index (χ2v) is 5.60. The maximum Gasteiger partial charge on any atom is 0.203 e. The van der Waals surface area contributed by atoms with E-state index in [1.54, 1.807) is 18.2 Å². The van der Waals surface area contributed by atoms with Crippen LogP contribution in [0.1, 0.15) is 10.4 Å². The summed E-state index contributed by atoms with van der Waals surface area (Å²) in [5, 5.41) is 0. The highest BCUT2D eigenvalue weighted by Gasteiger charge is 2.15. The summed E-state index contributed by atoms with van der Waals surface area (Å²) in [5.41, 5.74) is -0.326. The van der Waals surface area contributed by atoms with E-state index >= 15 is 0 Å². The lowest BCUT2D eigenvalue weighted by Crippen LogP contribution is -2.14. The zero-order valence-electron chi connectivity index (χ0n) is 10.00. The average molecular weight is 406 g/mol. The van der Waals surface area contributed by atoms with Gasteiger partial charge in [-0.25, -0.2) is 8.78 Å². The normalized spacial score (nSPS) is 10.4. The van der Waals surface area contributed by atoms with Crippen molar-refractivity contribution in [3.05, 3.63) is 62.5 Å². The topological polar surface area (TPSA) is 26.3 Å². The number of rotatable bonds is 4. The van der Waals surface area contributed by atoms with E-state index in [1.807, 2.05) is 0 Å². The molecule has 0 atom stereocenters. The molecule has 0 aliphatic rings. The number of hydrogen-bond donors (Lipinski definition) is 0. The molecule has 0 saturated heterocycles. The van der Waals surface area contributed by atoms with Crippen LogP contribution in [0.4, 0.5) is 8.78 Å². The number of ether oxygens (including phenoxy) is 1. The first kappa shape index (κ1) is 15.1. The maximum absolute atomic E-state index is 13.4. The second kappa shape index (κ2) is 6.45. The minimum atomic E-state index is -0.772. The highest BCUT2D eigenvalue weighted by Crippen LogP contribution is 2.33. The van der Waals surface area contributed by atoms with Gasteiger partial charge in [-0.2, -0.15) is 0 Å². The van der Waals surface area contributed by atoms with Crippen molar-refractivity contribution in [1.29, 1.82) is 0 Å². The Bertz CT molecular complexity index is 639. The number of carbonyl (C=O) groups is 1. The molecule has 104 valence electrons. The molecule has 0 radical (unpaired) electrons. The van der Waals surface area contributed by atoms with Crippen LogP contribution < -0.4 is 4.74 Å². The van der Waals surface area contributed by atoms with Crippen molar-refractivity contribution in [2.75, 3.05) is 6.61 Å². The number of carbonyl (C=O) groups excluding carboxylic acids is 1. The first-order chi connectivity index (χ1) is 9.49. The number of para-hydroxylation sites is 1. The minimum Gasteiger partial charge on any atom is -0.483 e. The lowest BCUT2D eigenvalue weighted by molar-refractivity contribution is 0.0916. The fourth-order valence-corrected chi connectivity index (χ4v) is 2.77. The quantitative estimate of drug-likeness (QED) is 0.686. The number of hydrogen-bond acceptors (Lipinski definition) is 2. The van der Waals surface area contributed by atoms with Gasteiger partial charge < -0.3 is 4.74 Å².